The molecule has 2 aliphatic heterocycles. The number of carbonyl (C=O) groups excluding carboxylic acids is 1. The predicted octanol–water partition coefficient (Wildman–Crippen LogP) is 3.34. The van der Waals surface area contributed by atoms with E-state index in [1.165, 1.54) is 0 Å². The highest BCUT2D eigenvalue weighted by molar-refractivity contribution is 5.93. The number of likely N-dealkylation sites (tertiary alicyclic amines) is 1. The summed E-state index contributed by atoms with van der Waals surface area (Å²) >= 11 is 0. The quantitative estimate of drug-likeness (QED) is 0.528. The van der Waals surface area contributed by atoms with E-state index in [0.29, 0.717) is 31.5 Å². The molecule has 0 aliphatic carbocycles. The maximum absolute atomic E-state index is 12.5. The highest BCUT2D eigenvalue weighted by atomic mass is 35.5. The summed E-state index contributed by atoms with van der Waals surface area (Å²) in [6, 6.07) is 13.9. The van der Waals surface area contributed by atoms with Gasteiger partial charge >= 0.3 is 0 Å². The smallest absolute Gasteiger partial charge is 0.238 e. The van der Waals surface area contributed by atoms with Crippen molar-refractivity contribution >= 4 is 36.4 Å². The van der Waals surface area contributed by atoms with E-state index in [1.807, 2.05) is 56.3 Å². The van der Waals surface area contributed by atoms with Crippen LogP contribution in [0.2, 0.25) is 0 Å². The fourth-order valence-corrected chi connectivity index (χ4v) is 4.33. The Balaban J connectivity index is 0.00000204. The number of aliphatic hydroxyl groups excluding tert-OH is 1. The Labute approximate surface area is 214 Å². The van der Waals surface area contributed by atoms with Crippen LogP contribution >= 0.6 is 24.8 Å². The molecule has 2 atom stereocenters. The number of ether oxygens (including phenoxy) is 2. The maximum Gasteiger partial charge on any atom is 0.238 e. The van der Waals surface area contributed by atoms with Crippen LogP contribution in [-0.4, -0.2) is 66.9 Å². The average Bonchev–Trinajstić information content (AvgIpc) is 2.80. The molecule has 34 heavy (non-hydrogen) atoms. The molecule has 2 unspecified atom stereocenters. The molecule has 188 valence electrons. The fraction of sp³-hybridized carbons (Fsp3) is 0.480. The van der Waals surface area contributed by atoms with Gasteiger partial charge in [0.2, 0.25) is 5.91 Å². The molecule has 1 fully saturated rings. The molecule has 3 N–H and O–H groups in total. The van der Waals surface area contributed by atoms with E-state index < -0.39 is 6.10 Å². The lowest BCUT2D eigenvalue weighted by atomic mass is 10.0. The van der Waals surface area contributed by atoms with Gasteiger partial charge in [0.1, 0.15) is 12.7 Å². The summed E-state index contributed by atoms with van der Waals surface area (Å²) in [7, 11) is 0. The van der Waals surface area contributed by atoms with Crippen molar-refractivity contribution in [3.63, 3.8) is 0 Å². The summed E-state index contributed by atoms with van der Waals surface area (Å²) < 4.78 is 11.6. The van der Waals surface area contributed by atoms with Crippen molar-refractivity contribution in [1.82, 2.24) is 10.2 Å². The molecular formula is C25H35Cl2N3O4. The third-order valence-corrected chi connectivity index (χ3v) is 6.28. The van der Waals surface area contributed by atoms with E-state index in [0.717, 1.165) is 48.5 Å². The number of nitrogens with zero attached hydrogens (tertiary/aromatic N) is 1. The van der Waals surface area contributed by atoms with Crippen molar-refractivity contribution in [2.45, 2.75) is 44.9 Å². The summed E-state index contributed by atoms with van der Waals surface area (Å²) in [5.74, 6) is 1.42. The highest BCUT2D eigenvalue weighted by Crippen LogP contribution is 2.31. The molecule has 0 radical (unpaired) electrons. The maximum atomic E-state index is 12.5. The first-order valence-corrected chi connectivity index (χ1v) is 11.4. The van der Waals surface area contributed by atoms with Gasteiger partial charge in [-0.1, -0.05) is 30.3 Å². The van der Waals surface area contributed by atoms with Gasteiger partial charge in [0.15, 0.2) is 17.6 Å². The molecule has 7 nitrogen and oxygen atoms in total. The van der Waals surface area contributed by atoms with Crippen LogP contribution in [0.25, 0.3) is 0 Å². The summed E-state index contributed by atoms with van der Waals surface area (Å²) in [4.78, 5) is 14.7. The zero-order valence-corrected chi connectivity index (χ0v) is 21.3. The van der Waals surface area contributed by atoms with E-state index in [-0.39, 0.29) is 36.8 Å². The van der Waals surface area contributed by atoms with Gasteiger partial charge in [0.25, 0.3) is 0 Å². The Hall–Kier alpha value is -2.03. The number of hydrogen-bond donors (Lipinski definition) is 3. The van der Waals surface area contributed by atoms with Gasteiger partial charge in [-0.05, 0) is 49.9 Å². The van der Waals surface area contributed by atoms with Crippen molar-refractivity contribution in [2.75, 3.05) is 38.1 Å². The number of amides is 1. The highest BCUT2D eigenvalue weighted by Gasteiger charge is 2.28. The van der Waals surface area contributed by atoms with Crippen molar-refractivity contribution in [3.8, 4) is 11.5 Å². The molecule has 2 aromatic rings. The summed E-state index contributed by atoms with van der Waals surface area (Å²) in [5.41, 5.74) is 3.07. The van der Waals surface area contributed by atoms with Gasteiger partial charge in [-0.2, -0.15) is 0 Å². The summed E-state index contributed by atoms with van der Waals surface area (Å²) in [6.45, 7) is 6.92. The van der Waals surface area contributed by atoms with Gasteiger partial charge in [-0.3, -0.25) is 9.69 Å². The topological polar surface area (TPSA) is 83.1 Å². The Morgan fingerprint density at radius 1 is 1.06 bits per heavy atom. The SMILES string of the molecule is Cc1cccc(C)c1NC(=O)CN1CCC(NCC(O)C2COc3ccccc3O2)CC1.Cl.Cl. The van der Waals surface area contributed by atoms with Crippen molar-refractivity contribution in [1.29, 1.82) is 0 Å². The number of benzene rings is 2. The van der Waals surface area contributed by atoms with Gasteiger partial charge in [-0.25, -0.2) is 0 Å². The van der Waals surface area contributed by atoms with E-state index in [4.69, 9.17) is 9.47 Å². The molecule has 1 saturated heterocycles. The monoisotopic (exact) mass is 511 g/mol. The fourth-order valence-electron chi connectivity index (χ4n) is 4.33. The number of piperidine rings is 1. The van der Waals surface area contributed by atoms with E-state index in [2.05, 4.69) is 15.5 Å². The largest absolute Gasteiger partial charge is 0.486 e. The zero-order chi connectivity index (χ0) is 22.5. The second-order valence-electron chi connectivity index (χ2n) is 8.76. The summed E-state index contributed by atoms with van der Waals surface area (Å²) in [5, 5.41) is 17.1. The molecule has 4 rings (SSSR count). The van der Waals surface area contributed by atoms with E-state index in [9.17, 15) is 9.90 Å². The minimum atomic E-state index is -0.649. The van der Waals surface area contributed by atoms with Crippen LogP contribution in [0.15, 0.2) is 42.5 Å². The first-order chi connectivity index (χ1) is 15.5. The Morgan fingerprint density at radius 3 is 2.38 bits per heavy atom. The molecule has 9 heteroatoms. The van der Waals surface area contributed by atoms with Crippen molar-refractivity contribution in [3.05, 3.63) is 53.6 Å². The van der Waals surface area contributed by atoms with Crippen molar-refractivity contribution in [2.24, 2.45) is 0 Å². The van der Waals surface area contributed by atoms with E-state index >= 15 is 0 Å². The molecule has 0 bridgehead atoms. The number of halogens is 2. The number of aliphatic hydroxyl groups is 1. The third-order valence-electron chi connectivity index (χ3n) is 6.28. The molecule has 0 spiro atoms. The third kappa shape index (κ3) is 7.23. The Kier molecular flexibility index (Phi) is 10.9. The lowest BCUT2D eigenvalue weighted by Gasteiger charge is -2.34. The number of fused-ring (bicyclic) bond motifs is 1. The minimum absolute atomic E-state index is 0. The lowest BCUT2D eigenvalue weighted by molar-refractivity contribution is -0.117. The number of anilines is 1. The second kappa shape index (κ2) is 13.2. The second-order valence-corrected chi connectivity index (χ2v) is 8.76. The molecule has 2 aliphatic rings. The van der Waals surface area contributed by atoms with Gasteiger partial charge in [0.05, 0.1) is 6.54 Å². The molecular weight excluding hydrogens is 477 g/mol. The van der Waals surface area contributed by atoms with Crippen LogP contribution in [0.3, 0.4) is 0 Å². The van der Waals surface area contributed by atoms with Gasteiger partial charge < -0.3 is 25.2 Å². The van der Waals surface area contributed by atoms with Crippen LogP contribution in [0.1, 0.15) is 24.0 Å². The Morgan fingerprint density at radius 2 is 1.71 bits per heavy atom. The first-order valence-electron chi connectivity index (χ1n) is 11.4. The molecule has 2 heterocycles. The van der Waals surface area contributed by atoms with Crippen LogP contribution in [-0.2, 0) is 4.79 Å². The minimum Gasteiger partial charge on any atom is -0.486 e. The molecule has 0 saturated carbocycles. The number of aryl methyl sites for hydroxylation is 2. The predicted molar refractivity (Wildman–Crippen MR) is 139 cm³/mol. The first kappa shape index (κ1) is 28.2. The van der Waals surface area contributed by atoms with Gasteiger partial charge in [-0.15, -0.1) is 24.8 Å². The van der Waals surface area contributed by atoms with Crippen molar-refractivity contribution < 1.29 is 19.4 Å². The number of rotatable bonds is 7. The lowest BCUT2D eigenvalue weighted by Crippen LogP contribution is -2.50. The van der Waals surface area contributed by atoms with Crippen LogP contribution in [0, 0.1) is 13.8 Å². The van der Waals surface area contributed by atoms with E-state index in [1.54, 1.807) is 0 Å². The number of hydrogen-bond acceptors (Lipinski definition) is 6. The zero-order valence-electron chi connectivity index (χ0n) is 19.7. The summed E-state index contributed by atoms with van der Waals surface area (Å²) in [6.07, 6.45) is 0.846. The average molecular weight is 512 g/mol. The van der Waals surface area contributed by atoms with Crippen LogP contribution in [0.5, 0.6) is 11.5 Å². The molecule has 2 aromatic carbocycles. The molecule has 0 aromatic heterocycles. The standard InChI is InChI=1S/C25H33N3O4.2ClH/c1-17-6-5-7-18(2)25(17)27-24(30)15-28-12-10-19(11-13-28)26-14-20(29)23-16-31-21-8-3-4-9-22(21)32-23;;/h3-9,19-20,23,26,29H,10-16H2,1-2H3,(H,27,30);2*1H. The number of para-hydroxylation sites is 3. The number of nitrogens with one attached hydrogen (secondary N) is 2. The Bertz CT molecular complexity index is 918. The van der Waals surface area contributed by atoms with Gasteiger partial charge in [0, 0.05) is 31.4 Å². The number of carbonyl (C=O) groups is 1. The van der Waals surface area contributed by atoms with Crippen LogP contribution in [0.4, 0.5) is 5.69 Å². The normalized spacial score (nSPS) is 18.9. The molecule has 1 amide bonds. The van der Waals surface area contributed by atoms with Crippen LogP contribution < -0.4 is 20.1 Å².